The van der Waals surface area contributed by atoms with E-state index in [0.29, 0.717) is 19.5 Å². The molecule has 20 heavy (non-hydrogen) atoms. The Morgan fingerprint density at radius 3 is 2.80 bits per heavy atom. The second-order valence-corrected chi connectivity index (χ2v) is 4.85. The highest BCUT2D eigenvalue weighted by Crippen LogP contribution is 2.20. The Bertz CT molecular complexity index is 359. The lowest BCUT2D eigenvalue weighted by molar-refractivity contribution is -0.142. The molecule has 114 valence electrons. The molecule has 0 aromatic carbocycles. The Labute approximate surface area is 118 Å². The Hall–Kier alpha value is -1.79. The Kier molecular flexibility index (Phi) is 6.83. The maximum absolute atomic E-state index is 11.9. The first-order valence-corrected chi connectivity index (χ1v) is 6.93. The molecule has 1 rings (SSSR count). The maximum Gasteiger partial charge on any atom is 0.325 e. The third kappa shape index (κ3) is 5.90. The van der Waals surface area contributed by atoms with Gasteiger partial charge in [-0.05, 0) is 32.1 Å². The minimum Gasteiger partial charge on any atom is -0.481 e. The highest BCUT2D eigenvalue weighted by atomic mass is 16.5. The van der Waals surface area contributed by atoms with Gasteiger partial charge in [-0.15, -0.1) is 0 Å². The van der Waals surface area contributed by atoms with Crippen LogP contribution in [0.2, 0.25) is 0 Å². The summed E-state index contributed by atoms with van der Waals surface area (Å²) in [6.45, 7) is 3.04. The molecular formula is C13H22N2O5. The lowest BCUT2D eigenvalue weighted by atomic mass is 9.93. The molecule has 2 amide bonds. The van der Waals surface area contributed by atoms with Crippen molar-refractivity contribution in [2.75, 3.05) is 26.2 Å². The first kappa shape index (κ1) is 16.3. The molecule has 2 N–H and O–H groups in total. The third-order valence-electron chi connectivity index (χ3n) is 3.26. The summed E-state index contributed by atoms with van der Waals surface area (Å²) < 4.78 is 4.73. The summed E-state index contributed by atoms with van der Waals surface area (Å²) in [6, 6.07) is -0.293. The van der Waals surface area contributed by atoms with Crippen molar-refractivity contribution in [3.63, 3.8) is 0 Å². The van der Waals surface area contributed by atoms with E-state index >= 15 is 0 Å². The lowest BCUT2D eigenvalue weighted by Gasteiger charge is -2.32. The number of aliphatic carboxylic acids is 1. The number of amides is 2. The van der Waals surface area contributed by atoms with Crippen LogP contribution in [0.15, 0.2) is 0 Å². The van der Waals surface area contributed by atoms with Crippen molar-refractivity contribution in [2.24, 2.45) is 5.92 Å². The van der Waals surface area contributed by atoms with Crippen molar-refractivity contribution in [3.8, 4) is 0 Å². The molecule has 1 aliphatic heterocycles. The fourth-order valence-electron chi connectivity index (χ4n) is 2.28. The normalized spacial score (nSPS) is 18.4. The number of nitrogens with one attached hydrogen (secondary N) is 1. The number of rotatable bonds is 6. The van der Waals surface area contributed by atoms with Crippen molar-refractivity contribution in [3.05, 3.63) is 0 Å². The predicted molar refractivity (Wildman–Crippen MR) is 71.2 cm³/mol. The monoisotopic (exact) mass is 286 g/mol. The van der Waals surface area contributed by atoms with Crippen LogP contribution in [0.1, 0.15) is 32.6 Å². The summed E-state index contributed by atoms with van der Waals surface area (Å²) in [6.07, 6.45) is 2.51. The molecule has 0 aliphatic carbocycles. The van der Waals surface area contributed by atoms with Gasteiger partial charge in [0.05, 0.1) is 6.61 Å². The fourth-order valence-corrected chi connectivity index (χ4v) is 2.28. The number of hydrogen-bond acceptors (Lipinski definition) is 4. The Morgan fingerprint density at radius 2 is 2.15 bits per heavy atom. The fraction of sp³-hybridized carbons (Fsp3) is 0.769. The summed E-state index contributed by atoms with van der Waals surface area (Å²) >= 11 is 0. The van der Waals surface area contributed by atoms with Crippen LogP contribution in [-0.4, -0.2) is 54.2 Å². The molecule has 1 aliphatic rings. The van der Waals surface area contributed by atoms with Crippen LogP contribution in [0.3, 0.4) is 0 Å². The summed E-state index contributed by atoms with van der Waals surface area (Å²) in [5, 5.41) is 11.2. The van der Waals surface area contributed by atoms with Gasteiger partial charge >= 0.3 is 18.0 Å². The number of esters is 1. The number of hydrogen-bond donors (Lipinski definition) is 2. The largest absolute Gasteiger partial charge is 0.481 e. The zero-order valence-corrected chi connectivity index (χ0v) is 11.8. The van der Waals surface area contributed by atoms with Gasteiger partial charge in [-0.3, -0.25) is 9.59 Å². The molecule has 1 unspecified atom stereocenters. The number of carbonyl (C=O) groups is 3. The van der Waals surface area contributed by atoms with Gasteiger partial charge in [-0.2, -0.15) is 0 Å². The molecule has 1 saturated heterocycles. The van der Waals surface area contributed by atoms with Crippen LogP contribution >= 0.6 is 0 Å². The molecule has 7 heteroatoms. The van der Waals surface area contributed by atoms with Crippen molar-refractivity contribution in [2.45, 2.75) is 32.6 Å². The van der Waals surface area contributed by atoms with E-state index in [1.807, 2.05) is 0 Å². The number of nitrogens with zero attached hydrogens (tertiary/aromatic N) is 1. The van der Waals surface area contributed by atoms with Crippen LogP contribution in [0.25, 0.3) is 0 Å². The van der Waals surface area contributed by atoms with Gasteiger partial charge in [-0.1, -0.05) is 0 Å². The average molecular weight is 286 g/mol. The molecular weight excluding hydrogens is 264 g/mol. The number of carboxylic acid groups (broad SMARTS) is 1. The number of piperidine rings is 1. The first-order chi connectivity index (χ1) is 9.52. The highest BCUT2D eigenvalue weighted by Gasteiger charge is 2.24. The minimum atomic E-state index is -0.811. The number of ether oxygens (including phenoxy) is 1. The standard InChI is InChI=1S/C13H22N2O5/c1-2-20-12(18)8-14-13(19)15-7-3-4-10(9-15)5-6-11(16)17/h10H,2-9H2,1H3,(H,14,19)(H,16,17). The van der Waals surface area contributed by atoms with Crippen LogP contribution < -0.4 is 5.32 Å². The van der Waals surface area contributed by atoms with Gasteiger partial charge in [0.1, 0.15) is 6.54 Å². The quantitative estimate of drug-likeness (QED) is 0.705. The summed E-state index contributed by atoms with van der Waals surface area (Å²) in [7, 11) is 0. The zero-order chi connectivity index (χ0) is 15.0. The second-order valence-electron chi connectivity index (χ2n) is 4.85. The molecule has 1 heterocycles. The molecule has 1 fully saturated rings. The van der Waals surface area contributed by atoms with Crippen molar-refractivity contribution >= 4 is 18.0 Å². The smallest absolute Gasteiger partial charge is 0.325 e. The number of urea groups is 1. The van der Waals surface area contributed by atoms with E-state index in [9.17, 15) is 14.4 Å². The SMILES string of the molecule is CCOC(=O)CNC(=O)N1CCCC(CCC(=O)O)C1. The first-order valence-electron chi connectivity index (χ1n) is 6.93. The molecule has 0 aromatic rings. The molecule has 0 bridgehead atoms. The highest BCUT2D eigenvalue weighted by molar-refractivity contribution is 5.80. The lowest BCUT2D eigenvalue weighted by Crippen LogP contribution is -2.47. The molecule has 1 atom stereocenters. The van der Waals surface area contributed by atoms with E-state index in [0.717, 1.165) is 12.8 Å². The molecule has 7 nitrogen and oxygen atoms in total. The summed E-state index contributed by atoms with van der Waals surface area (Å²) in [5.74, 6) is -1.05. The van der Waals surface area contributed by atoms with E-state index in [-0.39, 0.29) is 31.5 Å². The average Bonchev–Trinajstić information content (AvgIpc) is 2.43. The van der Waals surface area contributed by atoms with Gasteiger partial charge in [0.15, 0.2) is 0 Å². The number of carbonyl (C=O) groups excluding carboxylic acids is 2. The summed E-state index contributed by atoms with van der Waals surface area (Å²) in [5.41, 5.74) is 0. The van der Waals surface area contributed by atoms with Gasteiger partial charge in [0, 0.05) is 19.5 Å². The zero-order valence-electron chi connectivity index (χ0n) is 11.8. The van der Waals surface area contributed by atoms with E-state index in [1.54, 1.807) is 11.8 Å². The summed E-state index contributed by atoms with van der Waals surface area (Å²) in [4.78, 5) is 35.2. The molecule has 0 spiro atoms. The van der Waals surface area contributed by atoms with Gasteiger partial charge in [-0.25, -0.2) is 4.79 Å². The molecule has 0 radical (unpaired) electrons. The predicted octanol–water partition coefficient (Wildman–Crippen LogP) is 0.836. The molecule has 0 aromatic heterocycles. The van der Waals surface area contributed by atoms with Gasteiger partial charge in [0.25, 0.3) is 0 Å². The Balaban J connectivity index is 2.32. The molecule has 0 saturated carbocycles. The topological polar surface area (TPSA) is 95.9 Å². The number of likely N-dealkylation sites (tertiary alicyclic amines) is 1. The van der Waals surface area contributed by atoms with Crippen molar-refractivity contribution < 1.29 is 24.2 Å². The van der Waals surface area contributed by atoms with Crippen LogP contribution in [0, 0.1) is 5.92 Å². The third-order valence-corrected chi connectivity index (χ3v) is 3.26. The van der Waals surface area contributed by atoms with Gasteiger partial charge < -0.3 is 20.1 Å². The Morgan fingerprint density at radius 1 is 1.40 bits per heavy atom. The van der Waals surface area contributed by atoms with Crippen LogP contribution in [0.4, 0.5) is 4.79 Å². The van der Waals surface area contributed by atoms with Crippen molar-refractivity contribution in [1.82, 2.24) is 10.2 Å². The second kappa shape index (κ2) is 8.39. The van der Waals surface area contributed by atoms with E-state index < -0.39 is 11.9 Å². The number of carboxylic acids is 1. The van der Waals surface area contributed by atoms with Crippen LogP contribution in [-0.2, 0) is 14.3 Å². The van der Waals surface area contributed by atoms with E-state index in [2.05, 4.69) is 5.32 Å². The van der Waals surface area contributed by atoms with E-state index in [4.69, 9.17) is 9.84 Å². The minimum absolute atomic E-state index is 0.128. The van der Waals surface area contributed by atoms with Gasteiger partial charge in [0.2, 0.25) is 0 Å². The van der Waals surface area contributed by atoms with Crippen molar-refractivity contribution in [1.29, 1.82) is 0 Å². The maximum atomic E-state index is 11.9. The van der Waals surface area contributed by atoms with E-state index in [1.165, 1.54) is 0 Å². The van der Waals surface area contributed by atoms with Crippen LogP contribution in [0.5, 0.6) is 0 Å².